The fourth-order valence-corrected chi connectivity index (χ4v) is 2.11. The monoisotopic (exact) mass is 228 g/mol. The molecule has 0 unspecified atom stereocenters. The molecule has 1 fully saturated rings. The van der Waals surface area contributed by atoms with Crippen LogP contribution in [0.15, 0.2) is 0 Å². The van der Waals surface area contributed by atoms with Gasteiger partial charge in [0.15, 0.2) is 0 Å². The molecule has 0 aromatic rings. The van der Waals surface area contributed by atoms with Crippen molar-refractivity contribution in [1.82, 2.24) is 5.32 Å². The van der Waals surface area contributed by atoms with E-state index in [9.17, 15) is 14.7 Å². The van der Waals surface area contributed by atoms with E-state index in [-0.39, 0.29) is 18.9 Å². The molecule has 0 heterocycles. The van der Waals surface area contributed by atoms with E-state index in [0.29, 0.717) is 18.8 Å². The lowest BCUT2D eigenvalue weighted by atomic mass is 9.77. The van der Waals surface area contributed by atoms with Gasteiger partial charge in [-0.3, -0.25) is 4.79 Å². The van der Waals surface area contributed by atoms with Crippen LogP contribution in [0, 0.1) is 5.92 Å². The Morgan fingerprint density at radius 1 is 1.44 bits per heavy atom. The van der Waals surface area contributed by atoms with E-state index >= 15 is 0 Å². The maximum atomic E-state index is 11.4. The maximum Gasteiger partial charge on any atom is 0.329 e. The van der Waals surface area contributed by atoms with E-state index in [1.165, 1.54) is 0 Å². The van der Waals surface area contributed by atoms with Crippen LogP contribution >= 0.6 is 0 Å². The number of aliphatic carboxylic acids is 1. The lowest BCUT2D eigenvalue weighted by Crippen LogP contribution is -2.56. The van der Waals surface area contributed by atoms with Gasteiger partial charge in [0, 0.05) is 13.0 Å². The quantitative estimate of drug-likeness (QED) is 0.652. The van der Waals surface area contributed by atoms with E-state index in [2.05, 4.69) is 12.2 Å². The molecule has 16 heavy (non-hydrogen) atoms. The van der Waals surface area contributed by atoms with Gasteiger partial charge in [-0.25, -0.2) is 4.79 Å². The molecule has 0 bridgehead atoms. The number of nitrogens with one attached hydrogen (secondary N) is 1. The molecule has 1 saturated carbocycles. The highest BCUT2D eigenvalue weighted by Gasteiger charge is 2.42. The van der Waals surface area contributed by atoms with Crippen LogP contribution in [-0.4, -0.2) is 29.1 Å². The topological polar surface area (TPSA) is 92.4 Å². The average molecular weight is 228 g/mol. The van der Waals surface area contributed by atoms with Gasteiger partial charge in [-0.05, 0) is 31.6 Å². The second kappa shape index (κ2) is 5.30. The van der Waals surface area contributed by atoms with Crippen LogP contribution in [-0.2, 0) is 9.59 Å². The number of hydrogen-bond donors (Lipinski definition) is 3. The highest BCUT2D eigenvalue weighted by molar-refractivity contribution is 5.87. The van der Waals surface area contributed by atoms with E-state index < -0.39 is 11.5 Å². The summed E-state index contributed by atoms with van der Waals surface area (Å²) in [4.78, 5) is 22.7. The summed E-state index contributed by atoms with van der Waals surface area (Å²) in [6.07, 6.45) is 2.90. The summed E-state index contributed by atoms with van der Waals surface area (Å²) >= 11 is 0. The Labute approximate surface area is 95.4 Å². The smallest absolute Gasteiger partial charge is 0.329 e. The number of carboxylic acids is 1. The summed E-state index contributed by atoms with van der Waals surface area (Å²) in [6, 6.07) is 0. The van der Waals surface area contributed by atoms with Crippen molar-refractivity contribution >= 4 is 11.9 Å². The van der Waals surface area contributed by atoms with Crippen LogP contribution in [0.4, 0.5) is 0 Å². The molecule has 1 aliphatic carbocycles. The third-order valence-electron chi connectivity index (χ3n) is 3.29. The zero-order valence-electron chi connectivity index (χ0n) is 9.66. The second-order valence-electron chi connectivity index (χ2n) is 4.66. The predicted molar refractivity (Wildman–Crippen MR) is 59.8 cm³/mol. The van der Waals surface area contributed by atoms with Crippen molar-refractivity contribution in [3.8, 4) is 0 Å². The first kappa shape index (κ1) is 13.0. The van der Waals surface area contributed by atoms with Crippen molar-refractivity contribution in [2.45, 2.75) is 44.6 Å². The van der Waals surface area contributed by atoms with Gasteiger partial charge < -0.3 is 16.2 Å². The second-order valence-corrected chi connectivity index (χ2v) is 4.66. The molecular formula is C11H20N2O3. The van der Waals surface area contributed by atoms with E-state index in [0.717, 1.165) is 12.8 Å². The molecule has 0 aliphatic heterocycles. The van der Waals surface area contributed by atoms with Gasteiger partial charge >= 0.3 is 5.97 Å². The summed E-state index contributed by atoms with van der Waals surface area (Å²) in [6.45, 7) is 2.35. The summed E-state index contributed by atoms with van der Waals surface area (Å²) in [5.74, 6) is -0.650. The number of rotatable bonds is 4. The molecule has 5 nitrogen and oxygen atoms in total. The average Bonchev–Trinajstić information content (AvgIpc) is 2.22. The molecular weight excluding hydrogens is 208 g/mol. The zero-order valence-corrected chi connectivity index (χ0v) is 9.66. The highest BCUT2D eigenvalue weighted by Crippen LogP contribution is 2.32. The Hall–Kier alpha value is -1.10. The molecule has 0 spiro atoms. The van der Waals surface area contributed by atoms with Crippen molar-refractivity contribution in [3.63, 3.8) is 0 Å². The van der Waals surface area contributed by atoms with Crippen LogP contribution in [0.2, 0.25) is 0 Å². The standard InChI is InChI=1S/C11H20N2O3/c1-8-2-5-11(6-3-8,10(15)16)13-9(14)4-7-12/h8H,2-7,12H2,1H3,(H,13,14)(H,15,16). The van der Waals surface area contributed by atoms with Crippen molar-refractivity contribution in [2.24, 2.45) is 11.7 Å². The summed E-state index contributed by atoms with van der Waals surface area (Å²) in [5.41, 5.74) is 4.21. The first-order valence-corrected chi connectivity index (χ1v) is 5.74. The van der Waals surface area contributed by atoms with Gasteiger partial charge in [-0.15, -0.1) is 0 Å². The number of carbonyl (C=O) groups is 2. The molecule has 4 N–H and O–H groups in total. The Morgan fingerprint density at radius 3 is 2.44 bits per heavy atom. The third-order valence-corrected chi connectivity index (χ3v) is 3.29. The van der Waals surface area contributed by atoms with Crippen molar-refractivity contribution in [3.05, 3.63) is 0 Å². The Kier molecular flexibility index (Phi) is 4.29. The SMILES string of the molecule is CC1CCC(NC(=O)CCN)(C(=O)O)CC1. The number of carboxylic acid groups (broad SMARTS) is 1. The molecule has 0 aromatic heterocycles. The number of hydrogen-bond acceptors (Lipinski definition) is 3. The minimum Gasteiger partial charge on any atom is -0.480 e. The normalized spacial score (nSPS) is 29.8. The molecule has 92 valence electrons. The third kappa shape index (κ3) is 2.95. The summed E-state index contributed by atoms with van der Waals surface area (Å²) in [7, 11) is 0. The fourth-order valence-electron chi connectivity index (χ4n) is 2.11. The van der Waals surface area contributed by atoms with Crippen LogP contribution in [0.25, 0.3) is 0 Å². The van der Waals surface area contributed by atoms with Crippen molar-refractivity contribution in [1.29, 1.82) is 0 Å². The largest absolute Gasteiger partial charge is 0.480 e. The maximum absolute atomic E-state index is 11.4. The minimum atomic E-state index is -1.06. The van der Waals surface area contributed by atoms with E-state index in [1.807, 2.05) is 0 Å². The van der Waals surface area contributed by atoms with Gasteiger partial charge in [0.25, 0.3) is 0 Å². The Morgan fingerprint density at radius 2 is 2.00 bits per heavy atom. The van der Waals surface area contributed by atoms with Crippen molar-refractivity contribution in [2.75, 3.05) is 6.54 Å². The van der Waals surface area contributed by atoms with Crippen molar-refractivity contribution < 1.29 is 14.7 Å². The first-order valence-electron chi connectivity index (χ1n) is 5.74. The minimum absolute atomic E-state index is 0.185. The van der Waals surface area contributed by atoms with E-state index in [4.69, 9.17) is 5.73 Å². The van der Waals surface area contributed by atoms with Crippen LogP contribution in [0.3, 0.4) is 0 Å². The summed E-state index contributed by atoms with van der Waals surface area (Å²) in [5, 5.41) is 11.9. The van der Waals surface area contributed by atoms with Gasteiger partial charge in [-0.1, -0.05) is 6.92 Å². The van der Waals surface area contributed by atoms with Gasteiger partial charge in [-0.2, -0.15) is 0 Å². The Bertz CT molecular complexity index is 270. The predicted octanol–water partition coefficient (Wildman–Crippen LogP) is 0.485. The first-order chi connectivity index (χ1) is 7.50. The number of carbonyl (C=O) groups excluding carboxylic acids is 1. The molecule has 1 aliphatic rings. The number of amides is 1. The highest BCUT2D eigenvalue weighted by atomic mass is 16.4. The van der Waals surface area contributed by atoms with E-state index in [1.54, 1.807) is 0 Å². The van der Waals surface area contributed by atoms with Crippen LogP contribution in [0.1, 0.15) is 39.0 Å². The molecule has 1 amide bonds. The van der Waals surface area contributed by atoms with Gasteiger partial charge in [0.1, 0.15) is 5.54 Å². The lowest BCUT2D eigenvalue weighted by molar-refractivity contribution is -0.149. The van der Waals surface area contributed by atoms with Gasteiger partial charge in [0.2, 0.25) is 5.91 Å². The molecule has 0 saturated heterocycles. The van der Waals surface area contributed by atoms with Crippen LogP contribution < -0.4 is 11.1 Å². The van der Waals surface area contributed by atoms with Gasteiger partial charge in [0.05, 0.1) is 0 Å². The summed E-state index contributed by atoms with van der Waals surface area (Å²) < 4.78 is 0. The molecule has 5 heteroatoms. The zero-order chi connectivity index (χ0) is 12.2. The molecule has 0 atom stereocenters. The van der Waals surface area contributed by atoms with Crippen LogP contribution in [0.5, 0.6) is 0 Å². The Balaban J connectivity index is 2.66. The molecule has 0 radical (unpaired) electrons. The molecule has 0 aromatic carbocycles. The molecule has 1 rings (SSSR count). The fraction of sp³-hybridized carbons (Fsp3) is 0.818. The number of nitrogens with two attached hydrogens (primary N) is 1. The lowest BCUT2D eigenvalue weighted by Gasteiger charge is -2.36.